The van der Waals surface area contributed by atoms with Crippen molar-refractivity contribution in [1.82, 2.24) is 5.32 Å². The van der Waals surface area contributed by atoms with Crippen LogP contribution in [0.3, 0.4) is 0 Å². The van der Waals surface area contributed by atoms with Crippen LogP contribution >= 0.6 is 0 Å². The van der Waals surface area contributed by atoms with Crippen LogP contribution < -0.4 is 11.1 Å². The highest BCUT2D eigenvalue weighted by Gasteiger charge is 2.06. The van der Waals surface area contributed by atoms with Gasteiger partial charge in [-0.1, -0.05) is 42.8 Å². The van der Waals surface area contributed by atoms with Crippen molar-refractivity contribution in [3.05, 3.63) is 35.4 Å². The minimum absolute atomic E-state index is 0.121. The minimum atomic E-state index is 0.121. The number of nitrogens with two attached hydrogens (primary N) is 1. The van der Waals surface area contributed by atoms with Crippen LogP contribution in [0.2, 0.25) is 0 Å². The van der Waals surface area contributed by atoms with Gasteiger partial charge >= 0.3 is 0 Å². The van der Waals surface area contributed by atoms with Crippen LogP contribution in [0.15, 0.2) is 29.4 Å². The molecule has 0 heterocycles. The van der Waals surface area contributed by atoms with Crippen LogP contribution in [-0.4, -0.2) is 29.3 Å². The van der Waals surface area contributed by atoms with Crippen molar-refractivity contribution in [3.63, 3.8) is 0 Å². The molecule has 112 valence electrons. The van der Waals surface area contributed by atoms with Crippen molar-refractivity contribution in [1.29, 1.82) is 0 Å². The van der Waals surface area contributed by atoms with Crippen molar-refractivity contribution in [3.8, 4) is 0 Å². The number of benzene rings is 1. The lowest BCUT2D eigenvalue weighted by Crippen LogP contribution is -2.23. The second-order valence-corrected chi connectivity index (χ2v) is 4.98. The largest absolute Gasteiger partial charge is 0.409 e. The molecule has 0 aliphatic carbocycles. The lowest BCUT2D eigenvalue weighted by atomic mass is 10.00. The fourth-order valence-electron chi connectivity index (χ4n) is 2.21. The van der Waals surface area contributed by atoms with Crippen molar-refractivity contribution in [2.75, 3.05) is 13.2 Å². The first-order chi connectivity index (χ1) is 9.71. The van der Waals surface area contributed by atoms with Crippen LogP contribution in [0.4, 0.5) is 0 Å². The highest BCUT2D eigenvalue weighted by atomic mass is 16.4. The lowest BCUT2D eigenvalue weighted by molar-refractivity contribution is 0.248. The molecule has 1 unspecified atom stereocenters. The Hall–Kier alpha value is -1.59. The first-order valence-electron chi connectivity index (χ1n) is 7.09. The number of hydrogen-bond acceptors (Lipinski definition) is 4. The van der Waals surface area contributed by atoms with Crippen LogP contribution in [-0.2, 0) is 6.54 Å². The third-order valence-electron chi connectivity index (χ3n) is 3.35. The van der Waals surface area contributed by atoms with Gasteiger partial charge in [0, 0.05) is 18.7 Å². The van der Waals surface area contributed by atoms with E-state index in [1.165, 1.54) is 0 Å². The summed E-state index contributed by atoms with van der Waals surface area (Å²) in [7, 11) is 0. The Morgan fingerprint density at radius 1 is 1.30 bits per heavy atom. The van der Waals surface area contributed by atoms with Crippen molar-refractivity contribution < 1.29 is 10.3 Å². The topological polar surface area (TPSA) is 90.9 Å². The zero-order chi connectivity index (χ0) is 14.8. The molecule has 0 fully saturated rings. The van der Waals surface area contributed by atoms with Gasteiger partial charge in [0.05, 0.1) is 0 Å². The molecule has 5 N–H and O–H groups in total. The molecule has 0 aliphatic heterocycles. The Balaban J connectivity index is 2.41. The fourth-order valence-corrected chi connectivity index (χ4v) is 2.21. The molecule has 1 rings (SSSR count). The number of nitrogens with zero attached hydrogens (tertiary/aromatic N) is 1. The van der Waals surface area contributed by atoms with Crippen LogP contribution in [0.25, 0.3) is 0 Å². The summed E-state index contributed by atoms with van der Waals surface area (Å²) >= 11 is 0. The van der Waals surface area contributed by atoms with Gasteiger partial charge in [0.25, 0.3) is 0 Å². The first-order valence-corrected chi connectivity index (χ1v) is 7.09. The standard InChI is InChI=1S/C15H25N3O2/c1-2-3-12(8-9-19)10-17-11-13-4-6-14(7-5-13)15(16)18-20/h4-7,12,17,19-20H,2-3,8-11H2,1H3,(H2,16,18). The number of aliphatic hydroxyl groups is 1. The molecule has 1 aromatic carbocycles. The fraction of sp³-hybridized carbons (Fsp3) is 0.533. The molecule has 0 spiro atoms. The molecule has 5 nitrogen and oxygen atoms in total. The summed E-state index contributed by atoms with van der Waals surface area (Å²) in [6.45, 7) is 4.11. The number of rotatable bonds is 9. The molecule has 1 aromatic rings. The third-order valence-corrected chi connectivity index (χ3v) is 3.35. The molecule has 0 aromatic heterocycles. The molecule has 0 aliphatic rings. The number of amidine groups is 1. The quantitative estimate of drug-likeness (QED) is 0.239. The second-order valence-electron chi connectivity index (χ2n) is 4.98. The van der Waals surface area contributed by atoms with E-state index in [9.17, 15) is 0 Å². The van der Waals surface area contributed by atoms with Crippen molar-refractivity contribution in [2.24, 2.45) is 16.8 Å². The van der Waals surface area contributed by atoms with Gasteiger partial charge in [-0.05, 0) is 30.9 Å². The average Bonchev–Trinajstić information content (AvgIpc) is 2.47. The number of nitrogens with one attached hydrogen (secondary N) is 1. The van der Waals surface area contributed by atoms with Crippen LogP contribution in [0.5, 0.6) is 0 Å². The van der Waals surface area contributed by atoms with Gasteiger partial charge in [0.1, 0.15) is 0 Å². The lowest BCUT2D eigenvalue weighted by Gasteiger charge is -2.15. The van der Waals surface area contributed by atoms with Crippen LogP contribution in [0, 0.1) is 5.92 Å². The minimum Gasteiger partial charge on any atom is -0.409 e. The summed E-state index contributed by atoms with van der Waals surface area (Å²) in [5.41, 5.74) is 7.37. The van der Waals surface area contributed by atoms with E-state index in [1.54, 1.807) is 0 Å². The zero-order valence-corrected chi connectivity index (χ0v) is 12.0. The Morgan fingerprint density at radius 3 is 2.55 bits per heavy atom. The second kappa shape index (κ2) is 9.34. The van der Waals surface area contributed by atoms with Gasteiger partial charge in [0.15, 0.2) is 5.84 Å². The van der Waals surface area contributed by atoms with E-state index in [4.69, 9.17) is 16.0 Å². The highest BCUT2D eigenvalue weighted by molar-refractivity contribution is 5.96. The molecular weight excluding hydrogens is 254 g/mol. The summed E-state index contributed by atoms with van der Waals surface area (Å²) < 4.78 is 0. The predicted octanol–water partition coefficient (Wildman–Crippen LogP) is 1.67. The van der Waals surface area contributed by atoms with Crippen molar-refractivity contribution >= 4 is 5.84 Å². The average molecular weight is 279 g/mol. The van der Waals surface area contributed by atoms with E-state index < -0.39 is 0 Å². The summed E-state index contributed by atoms with van der Waals surface area (Å²) in [5.74, 6) is 0.650. The monoisotopic (exact) mass is 279 g/mol. The van der Waals surface area contributed by atoms with Crippen molar-refractivity contribution in [2.45, 2.75) is 32.7 Å². The van der Waals surface area contributed by atoms with Crippen LogP contribution in [0.1, 0.15) is 37.3 Å². The van der Waals surface area contributed by atoms with E-state index in [0.29, 0.717) is 11.5 Å². The smallest absolute Gasteiger partial charge is 0.170 e. The molecular formula is C15H25N3O2. The number of oxime groups is 1. The van der Waals surface area contributed by atoms with E-state index in [-0.39, 0.29) is 12.4 Å². The molecule has 5 heteroatoms. The third kappa shape index (κ3) is 5.59. The van der Waals surface area contributed by atoms with E-state index >= 15 is 0 Å². The Labute approximate surface area is 120 Å². The summed E-state index contributed by atoms with van der Waals surface area (Å²) in [6.07, 6.45) is 3.13. The van der Waals surface area contributed by atoms with E-state index in [0.717, 1.165) is 37.9 Å². The predicted molar refractivity (Wildman–Crippen MR) is 80.8 cm³/mol. The van der Waals surface area contributed by atoms with Gasteiger partial charge in [-0.2, -0.15) is 0 Å². The summed E-state index contributed by atoms with van der Waals surface area (Å²) in [6, 6.07) is 7.59. The molecule has 0 bridgehead atoms. The Kier molecular flexibility index (Phi) is 7.69. The molecule has 20 heavy (non-hydrogen) atoms. The molecule has 0 saturated carbocycles. The molecule has 0 saturated heterocycles. The van der Waals surface area contributed by atoms with Gasteiger partial charge in [-0.3, -0.25) is 0 Å². The van der Waals surface area contributed by atoms with Gasteiger partial charge in [-0.15, -0.1) is 0 Å². The Bertz CT molecular complexity index is 398. The Morgan fingerprint density at radius 2 is 2.00 bits per heavy atom. The molecule has 0 radical (unpaired) electrons. The van der Waals surface area contributed by atoms with Gasteiger partial charge in [0.2, 0.25) is 0 Å². The maximum Gasteiger partial charge on any atom is 0.170 e. The number of aliphatic hydroxyl groups excluding tert-OH is 1. The SMILES string of the molecule is CCCC(CCO)CNCc1ccc(/C(N)=N/O)cc1. The maximum atomic E-state index is 9.01. The number of hydrogen-bond donors (Lipinski definition) is 4. The molecule has 1 atom stereocenters. The summed E-state index contributed by atoms with van der Waals surface area (Å²) in [5, 5.41) is 24.0. The first kappa shape index (κ1) is 16.5. The van der Waals surface area contributed by atoms with Gasteiger partial charge in [-0.25, -0.2) is 0 Å². The summed E-state index contributed by atoms with van der Waals surface area (Å²) in [4.78, 5) is 0. The van der Waals surface area contributed by atoms with E-state index in [1.807, 2.05) is 24.3 Å². The maximum absolute atomic E-state index is 9.01. The van der Waals surface area contributed by atoms with E-state index in [2.05, 4.69) is 17.4 Å². The zero-order valence-electron chi connectivity index (χ0n) is 12.0. The van der Waals surface area contributed by atoms with Gasteiger partial charge < -0.3 is 21.4 Å². The normalized spacial score (nSPS) is 13.4. The molecule has 0 amide bonds. The highest BCUT2D eigenvalue weighted by Crippen LogP contribution is 2.10.